The quantitative estimate of drug-likeness (QED) is 0.736. The Morgan fingerprint density at radius 1 is 1.07 bits per heavy atom. The van der Waals surface area contributed by atoms with Crippen molar-refractivity contribution in [3.05, 3.63) is 65.9 Å². The van der Waals surface area contributed by atoms with E-state index in [2.05, 4.69) is 26.9 Å². The van der Waals surface area contributed by atoms with Gasteiger partial charge in [0.2, 0.25) is 0 Å². The van der Waals surface area contributed by atoms with Crippen molar-refractivity contribution in [3.63, 3.8) is 0 Å². The van der Waals surface area contributed by atoms with Crippen LogP contribution in [0.5, 0.6) is 5.75 Å². The highest BCUT2D eigenvalue weighted by Gasteiger charge is 2.37. The lowest BCUT2D eigenvalue weighted by Crippen LogP contribution is -2.47. The van der Waals surface area contributed by atoms with Crippen molar-refractivity contribution >= 4 is 16.8 Å². The zero-order valence-electron chi connectivity index (χ0n) is 16.8. The predicted octanol–water partition coefficient (Wildman–Crippen LogP) is 3.91. The van der Waals surface area contributed by atoms with E-state index in [1.807, 2.05) is 42.6 Å². The smallest absolute Gasteiger partial charge is 0.254 e. The topological polar surface area (TPSA) is 48.6 Å². The van der Waals surface area contributed by atoms with E-state index in [0.29, 0.717) is 12.0 Å². The molecule has 1 amide bonds. The first-order valence-corrected chi connectivity index (χ1v) is 10.4. The lowest BCUT2D eigenvalue weighted by atomic mass is 9.94. The fourth-order valence-corrected chi connectivity index (χ4v) is 4.90. The maximum atomic E-state index is 13.3. The van der Waals surface area contributed by atoms with Crippen LogP contribution in [0, 0.1) is 5.92 Å². The second-order valence-electron chi connectivity index (χ2n) is 8.38. The molecular weight excluding hydrogens is 362 g/mol. The van der Waals surface area contributed by atoms with Gasteiger partial charge in [-0.1, -0.05) is 12.1 Å². The van der Waals surface area contributed by atoms with Crippen LogP contribution in [0.3, 0.4) is 0 Å². The van der Waals surface area contributed by atoms with Gasteiger partial charge in [0.25, 0.3) is 5.91 Å². The Labute approximate surface area is 171 Å². The van der Waals surface area contributed by atoms with E-state index in [1.165, 1.54) is 12.0 Å². The van der Waals surface area contributed by atoms with Crippen LogP contribution in [0.15, 0.2) is 54.7 Å². The Hall–Kier alpha value is -2.79. The van der Waals surface area contributed by atoms with E-state index >= 15 is 0 Å². The first-order chi connectivity index (χ1) is 14.2. The predicted molar refractivity (Wildman–Crippen MR) is 114 cm³/mol. The minimum absolute atomic E-state index is 0.175. The second kappa shape index (κ2) is 7.56. The minimum Gasteiger partial charge on any atom is -0.497 e. The number of rotatable bonds is 4. The summed E-state index contributed by atoms with van der Waals surface area (Å²) < 4.78 is 5.27. The third-order valence-electron chi connectivity index (χ3n) is 6.42. The fraction of sp³-hybridized carbons (Fsp3) is 0.375. The number of methoxy groups -OCH3 is 1. The molecular formula is C24H27N3O2. The van der Waals surface area contributed by atoms with Crippen LogP contribution in [0.1, 0.15) is 28.8 Å². The zero-order chi connectivity index (χ0) is 19.8. The minimum atomic E-state index is 0.175. The van der Waals surface area contributed by atoms with Gasteiger partial charge in [-0.2, -0.15) is 0 Å². The van der Waals surface area contributed by atoms with Gasteiger partial charge >= 0.3 is 0 Å². The van der Waals surface area contributed by atoms with Gasteiger partial charge in [-0.15, -0.1) is 0 Å². The number of H-pyrrole nitrogens is 1. The number of aromatic nitrogens is 1. The summed E-state index contributed by atoms with van der Waals surface area (Å²) in [6.45, 7) is 3.80. The van der Waals surface area contributed by atoms with Crippen molar-refractivity contribution in [2.45, 2.75) is 25.4 Å². The van der Waals surface area contributed by atoms with E-state index in [4.69, 9.17) is 4.74 Å². The van der Waals surface area contributed by atoms with E-state index in [-0.39, 0.29) is 5.91 Å². The number of piperidine rings is 1. The molecule has 0 saturated carbocycles. The largest absolute Gasteiger partial charge is 0.497 e. The van der Waals surface area contributed by atoms with Gasteiger partial charge in [-0.3, -0.25) is 9.69 Å². The molecule has 0 aliphatic carbocycles. The molecule has 5 nitrogen and oxygen atoms in total. The van der Waals surface area contributed by atoms with Crippen LogP contribution in [0.4, 0.5) is 0 Å². The molecule has 1 N–H and O–H groups in total. The van der Waals surface area contributed by atoms with Crippen LogP contribution in [-0.4, -0.2) is 53.5 Å². The normalized spacial score (nSPS) is 22.0. The molecule has 0 spiro atoms. The van der Waals surface area contributed by atoms with Gasteiger partial charge in [0.1, 0.15) is 5.75 Å². The molecule has 3 fully saturated rings. The number of fused-ring (bicyclic) bond motifs is 5. The summed E-state index contributed by atoms with van der Waals surface area (Å²) in [7, 11) is 1.70. The number of benzene rings is 2. The van der Waals surface area contributed by atoms with E-state index in [0.717, 1.165) is 54.8 Å². The summed E-state index contributed by atoms with van der Waals surface area (Å²) in [5.74, 6) is 1.61. The lowest BCUT2D eigenvalue weighted by molar-refractivity contribution is 0.0585. The van der Waals surface area contributed by atoms with Crippen LogP contribution in [0.2, 0.25) is 0 Å². The van der Waals surface area contributed by atoms with Crippen LogP contribution < -0.4 is 4.74 Å². The first kappa shape index (κ1) is 18.3. The Bertz CT molecular complexity index is 1010. The molecule has 6 rings (SSSR count). The van der Waals surface area contributed by atoms with Crippen molar-refractivity contribution in [2.24, 2.45) is 5.92 Å². The standard InChI is InChI=1S/C24H27N3O2/c1-29-22-7-3-17(4-8-22)13-26-14-18-2-6-21(16-26)27(15-18)24(28)20-5-9-23-19(12-20)10-11-25-23/h3-5,7-12,18,21,25H,2,6,13-16H2,1H3/t18-,21+/m1/s1. The number of ether oxygens (including phenoxy) is 1. The molecule has 0 unspecified atom stereocenters. The number of hydrogen-bond acceptors (Lipinski definition) is 3. The third-order valence-corrected chi connectivity index (χ3v) is 6.42. The highest BCUT2D eigenvalue weighted by Crippen LogP contribution is 2.30. The van der Waals surface area contributed by atoms with Gasteiger partial charge in [-0.25, -0.2) is 0 Å². The van der Waals surface area contributed by atoms with Crippen molar-refractivity contribution in [1.29, 1.82) is 0 Å². The molecule has 4 heterocycles. The molecule has 29 heavy (non-hydrogen) atoms. The van der Waals surface area contributed by atoms with Gasteiger partial charge < -0.3 is 14.6 Å². The average molecular weight is 389 g/mol. The summed E-state index contributed by atoms with van der Waals surface area (Å²) in [6.07, 6.45) is 4.23. The van der Waals surface area contributed by atoms with Crippen LogP contribution in [0.25, 0.3) is 10.9 Å². The lowest BCUT2D eigenvalue weighted by Gasteiger charge is -2.36. The molecule has 2 bridgehead atoms. The fourth-order valence-electron chi connectivity index (χ4n) is 4.90. The molecule has 1 aromatic heterocycles. The number of carbonyl (C=O) groups is 1. The Kier molecular flexibility index (Phi) is 4.76. The SMILES string of the molecule is COc1ccc(CN2C[C@H]3CC[C@@H](C2)N(C(=O)c2ccc4[nH]ccc4c2)C3)cc1. The van der Waals surface area contributed by atoms with Gasteiger partial charge in [0.15, 0.2) is 0 Å². The molecule has 0 radical (unpaired) electrons. The van der Waals surface area contributed by atoms with Crippen molar-refractivity contribution < 1.29 is 9.53 Å². The summed E-state index contributed by atoms with van der Waals surface area (Å²) >= 11 is 0. The maximum absolute atomic E-state index is 13.3. The van der Waals surface area contributed by atoms with Crippen LogP contribution in [-0.2, 0) is 6.54 Å². The van der Waals surface area contributed by atoms with Crippen molar-refractivity contribution in [2.75, 3.05) is 26.7 Å². The zero-order valence-corrected chi connectivity index (χ0v) is 16.8. The number of carbonyl (C=O) groups excluding carboxylic acids is 1. The van der Waals surface area contributed by atoms with Crippen LogP contribution >= 0.6 is 0 Å². The summed E-state index contributed by atoms with van der Waals surface area (Å²) in [5, 5.41) is 1.09. The van der Waals surface area contributed by atoms with Gasteiger partial charge in [-0.05, 0) is 60.7 Å². The molecule has 3 saturated heterocycles. The summed E-state index contributed by atoms with van der Waals surface area (Å²) in [5.41, 5.74) is 3.17. The number of aromatic amines is 1. The maximum Gasteiger partial charge on any atom is 0.254 e. The van der Waals surface area contributed by atoms with E-state index in [1.54, 1.807) is 7.11 Å². The second-order valence-corrected chi connectivity index (χ2v) is 8.38. The third kappa shape index (κ3) is 3.62. The molecule has 3 aromatic rings. The Balaban J connectivity index is 1.32. The van der Waals surface area contributed by atoms with Crippen molar-refractivity contribution in [3.8, 4) is 5.75 Å². The Morgan fingerprint density at radius 2 is 1.93 bits per heavy atom. The number of nitrogens with one attached hydrogen (secondary N) is 1. The molecule has 2 atom stereocenters. The van der Waals surface area contributed by atoms with Gasteiger partial charge in [0, 0.05) is 54.9 Å². The van der Waals surface area contributed by atoms with Gasteiger partial charge in [0.05, 0.1) is 7.11 Å². The number of nitrogens with zero attached hydrogens (tertiary/aromatic N) is 2. The summed E-state index contributed by atoms with van der Waals surface area (Å²) in [6, 6.07) is 16.6. The summed E-state index contributed by atoms with van der Waals surface area (Å²) in [4.78, 5) is 21.2. The molecule has 5 heteroatoms. The first-order valence-electron chi connectivity index (χ1n) is 10.4. The molecule has 150 valence electrons. The monoisotopic (exact) mass is 389 g/mol. The highest BCUT2D eigenvalue weighted by atomic mass is 16.5. The van der Waals surface area contributed by atoms with Crippen molar-refractivity contribution in [1.82, 2.24) is 14.8 Å². The average Bonchev–Trinajstić information content (AvgIpc) is 3.05. The van der Waals surface area contributed by atoms with E-state index in [9.17, 15) is 4.79 Å². The highest BCUT2D eigenvalue weighted by molar-refractivity contribution is 5.98. The molecule has 2 aromatic carbocycles. The Morgan fingerprint density at radius 3 is 2.76 bits per heavy atom. The number of amides is 1. The number of hydrogen-bond donors (Lipinski definition) is 1. The molecule has 3 aliphatic heterocycles. The molecule has 3 aliphatic rings. The van der Waals surface area contributed by atoms with E-state index < -0.39 is 0 Å².